The van der Waals surface area contributed by atoms with Gasteiger partial charge in [0.15, 0.2) is 0 Å². The van der Waals surface area contributed by atoms with Gasteiger partial charge in [-0.25, -0.2) is 9.97 Å². The third-order valence-corrected chi connectivity index (χ3v) is 4.42. The molecule has 0 radical (unpaired) electrons. The van der Waals surface area contributed by atoms with E-state index < -0.39 is 0 Å². The summed E-state index contributed by atoms with van der Waals surface area (Å²) in [5.41, 5.74) is 4.06. The topological polar surface area (TPSA) is 58.1 Å². The Morgan fingerprint density at radius 1 is 1.04 bits per heavy atom. The molecule has 1 aromatic carbocycles. The number of benzene rings is 1. The Morgan fingerprint density at radius 2 is 1.71 bits per heavy atom. The first kappa shape index (κ1) is 18.3. The molecule has 1 aromatic heterocycles. The summed E-state index contributed by atoms with van der Waals surface area (Å²) in [4.78, 5) is 23.7. The lowest BCUT2D eigenvalue weighted by molar-refractivity contribution is 0.0952. The van der Waals surface area contributed by atoms with Gasteiger partial charge in [0.05, 0.1) is 22.4 Å². The normalized spacial score (nSPS) is 11.2. The SMILES string of the molecule is CCN(CC)CCCCNC(=O)c1ccc2nc(C)c(C)nc2c1. The fourth-order valence-electron chi connectivity index (χ4n) is 2.68. The Hall–Kier alpha value is -2.01. The maximum absolute atomic E-state index is 12.3. The minimum atomic E-state index is -0.0419. The zero-order chi connectivity index (χ0) is 17.5. The standard InChI is InChI=1S/C19H28N4O/c1-5-23(6-2)12-8-7-11-20-19(24)16-9-10-17-18(13-16)22-15(4)14(3)21-17/h9-10,13H,5-8,11-12H2,1-4H3,(H,20,24). The van der Waals surface area contributed by atoms with Gasteiger partial charge in [-0.1, -0.05) is 13.8 Å². The van der Waals surface area contributed by atoms with E-state index in [1.165, 1.54) is 0 Å². The highest BCUT2D eigenvalue weighted by Gasteiger charge is 2.08. The molecule has 2 rings (SSSR count). The van der Waals surface area contributed by atoms with E-state index in [9.17, 15) is 4.79 Å². The van der Waals surface area contributed by atoms with E-state index in [1.807, 2.05) is 32.0 Å². The van der Waals surface area contributed by atoms with Crippen molar-refractivity contribution in [3.05, 3.63) is 35.2 Å². The number of aryl methyl sites for hydroxylation is 2. The van der Waals surface area contributed by atoms with E-state index >= 15 is 0 Å². The highest BCUT2D eigenvalue weighted by Crippen LogP contribution is 2.14. The van der Waals surface area contributed by atoms with Gasteiger partial charge in [-0.3, -0.25) is 4.79 Å². The number of rotatable bonds is 8. The summed E-state index contributed by atoms with van der Waals surface area (Å²) in [7, 11) is 0. The van der Waals surface area contributed by atoms with Crippen molar-refractivity contribution in [1.29, 1.82) is 0 Å². The van der Waals surface area contributed by atoms with Crippen molar-refractivity contribution in [2.75, 3.05) is 26.2 Å². The number of carbonyl (C=O) groups excluding carboxylic acids is 1. The lowest BCUT2D eigenvalue weighted by Gasteiger charge is -2.17. The first-order chi connectivity index (χ1) is 11.5. The van der Waals surface area contributed by atoms with Gasteiger partial charge in [-0.2, -0.15) is 0 Å². The molecule has 1 amide bonds. The number of carbonyl (C=O) groups is 1. The average molecular weight is 328 g/mol. The van der Waals surface area contributed by atoms with Crippen molar-refractivity contribution in [2.45, 2.75) is 40.5 Å². The van der Waals surface area contributed by atoms with Crippen LogP contribution in [0.3, 0.4) is 0 Å². The number of nitrogens with one attached hydrogen (secondary N) is 1. The largest absolute Gasteiger partial charge is 0.352 e. The van der Waals surface area contributed by atoms with Crippen molar-refractivity contribution in [3.63, 3.8) is 0 Å². The summed E-state index contributed by atoms with van der Waals surface area (Å²) in [5.74, 6) is -0.0419. The Labute approximate surface area is 144 Å². The number of fused-ring (bicyclic) bond motifs is 1. The molecule has 0 unspecified atom stereocenters. The molecule has 0 saturated carbocycles. The van der Waals surface area contributed by atoms with Crippen LogP contribution in [0.15, 0.2) is 18.2 Å². The molecule has 0 aliphatic carbocycles. The zero-order valence-electron chi connectivity index (χ0n) is 15.2. The van der Waals surface area contributed by atoms with Gasteiger partial charge in [-0.05, 0) is 64.5 Å². The van der Waals surface area contributed by atoms with Crippen LogP contribution in [-0.4, -0.2) is 47.0 Å². The Kier molecular flexibility index (Phi) is 6.67. The zero-order valence-corrected chi connectivity index (χ0v) is 15.2. The second-order valence-electron chi connectivity index (χ2n) is 6.09. The van der Waals surface area contributed by atoms with E-state index in [4.69, 9.17) is 0 Å². The number of nitrogens with zero attached hydrogens (tertiary/aromatic N) is 3. The van der Waals surface area contributed by atoms with Gasteiger partial charge in [0.1, 0.15) is 0 Å². The number of amides is 1. The molecule has 0 bridgehead atoms. The molecule has 1 N–H and O–H groups in total. The molecule has 24 heavy (non-hydrogen) atoms. The maximum atomic E-state index is 12.3. The molecule has 0 aliphatic rings. The number of aromatic nitrogens is 2. The lowest BCUT2D eigenvalue weighted by Crippen LogP contribution is -2.27. The van der Waals surface area contributed by atoms with E-state index in [2.05, 4.69) is 34.0 Å². The molecule has 2 aromatic rings. The monoisotopic (exact) mass is 328 g/mol. The van der Waals surface area contributed by atoms with Crippen LogP contribution in [0.25, 0.3) is 11.0 Å². The fourth-order valence-corrected chi connectivity index (χ4v) is 2.68. The second kappa shape index (κ2) is 8.73. The van der Waals surface area contributed by atoms with Crippen LogP contribution in [0.1, 0.15) is 48.4 Å². The van der Waals surface area contributed by atoms with Gasteiger partial charge in [0.2, 0.25) is 0 Å². The van der Waals surface area contributed by atoms with Crippen molar-refractivity contribution >= 4 is 16.9 Å². The van der Waals surface area contributed by atoms with Crippen LogP contribution in [0, 0.1) is 13.8 Å². The van der Waals surface area contributed by atoms with Crippen LogP contribution in [0.5, 0.6) is 0 Å². The van der Waals surface area contributed by atoms with Crippen LogP contribution in [0.4, 0.5) is 0 Å². The molecule has 0 spiro atoms. The van der Waals surface area contributed by atoms with Gasteiger partial charge in [0.25, 0.3) is 5.91 Å². The van der Waals surface area contributed by atoms with Gasteiger partial charge >= 0.3 is 0 Å². The summed E-state index contributed by atoms with van der Waals surface area (Å²) in [5, 5.41) is 2.99. The molecule has 0 fully saturated rings. The minimum absolute atomic E-state index is 0.0419. The molecule has 5 nitrogen and oxygen atoms in total. The van der Waals surface area contributed by atoms with Gasteiger partial charge in [0, 0.05) is 12.1 Å². The summed E-state index contributed by atoms with van der Waals surface area (Å²) in [6.45, 7) is 12.2. The van der Waals surface area contributed by atoms with Crippen LogP contribution in [-0.2, 0) is 0 Å². The first-order valence-electron chi connectivity index (χ1n) is 8.80. The summed E-state index contributed by atoms with van der Waals surface area (Å²) < 4.78 is 0. The van der Waals surface area contributed by atoms with Crippen LogP contribution >= 0.6 is 0 Å². The summed E-state index contributed by atoms with van der Waals surface area (Å²) in [6, 6.07) is 5.50. The van der Waals surface area contributed by atoms with Gasteiger partial charge < -0.3 is 10.2 Å². The second-order valence-corrected chi connectivity index (χ2v) is 6.09. The number of hydrogen-bond acceptors (Lipinski definition) is 4. The van der Waals surface area contributed by atoms with Crippen LogP contribution < -0.4 is 5.32 Å². The van der Waals surface area contributed by atoms with Crippen molar-refractivity contribution in [3.8, 4) is 0 Å². The molecule has 0 aliphatic heterocycles. The first-order valence-corrected chi connectivity index (χ1v) is 8.80. The molecule has 5 heteroatoms. The summed E-state index contributed by atoms with van der Waals surface area (Å²) in [6.07, 6.45) is 2.09. The maximum Gasteiger partial charge on any atom is 0.251 e. The van der Waals surface area contributed by atoms with E-state index in [0.29, 0.717) is 12.1 Å². The van der Waals surface area contributed by atoms with Crippen molar-refractivity contribution in [2.24, 2.45) is 0 Å². The molecule has 0 atom stereocenters. The Balaban J connectivity index is 1.88. The van der Waals surface area contributed by atoms with Gasteiger partial charge in [-0.15, -0.1) is 0 Å². The molecular weight excluding hydrogens is 300 g/mol. The van der Waals surface area contributed by atoms with E-state index in [0.717, 1.165) is 54.9 Å². The quantitative estimate of drug-likeness (QED) is 0.757. The third-order valence-electron chi connectivity index (χ3n) is 4.42. The van der Waals surface area contributed by atoms with E-state index in [-0.39, 0.29) is 5.91 Å². The Bertz CT molecular complexity index is 695. The molecule has 1 heterocycles. The van der Waals surface area contributed by atoms with Crippen molar-refractivity contribution < 1.29 is 4.79 Å². The predicted molar refractivity (Wildman–Crippen MR) is 98.4 cm³/mol. The smallest absolute Gasteiger partial charge is 0.251 e. The Morgan fingerprint density at radius 3 is 2.38 bits per heavy atom. The number of hydrogen-bond donors (Lipinski definition) is 1. The third kappa shape index (κ3) is 4.74. The molecule has 130 valence electrons. The highest BCUT2D eigenvalue weighted by atomic mass is 16.1. The fraction of sp³-hybridized carbons (Fsp3) is 0.526. The lowest BCUT2D eigenvalue weighted by atomic mass is 10.1. The predicted octanol–water partition coefficient (Wildman–Crippen LogP) is 3.10. The van der Waals surface area contributed by atoms with E-state index in [1.54, 1.807) is 0 Å². The average Bonchev–Trinajstić information content (AvgIpc) is 2.58. The highest BCUT2D eigenvalue weighted by molar-refractivity contribution is 5.97. The molecular formula is C19H28N4O. The van der Waals surface area contributed by atoms with Crippen molar-refractivity contribution in [1.82, 2.24) is 20.2 Å². The molecule has 0 saturated heterocycles. The minimum Gasteiger partial charge on any atom is -0.352 e. The number of unbranched alkanes of at least 4 members (excludes halogenated alkanes) is 1. The summed E-state index contributed by atoms with van der Waals surface area (Å²) >= 11 is 0. The van der Waals surface area contributed by atoms with Crippen LogP contribution in [0.2, 0.25) is 0 Å².